The number of nitrogens with two attached hydrogens (primary N) is 1. The summed E-state index contributed by atoms with van der Waals surface area (Å²) in [6, 6.07) is 8.26. The summed E-state index contributed by atoms with van der Waals surface area (Å²) in [5.41, 5.74) is 6.56. The second-order valence-corrected chi connectivity index (χ2v) is 4.16. The number of anilines is 3. The lowest BCUT2D eigenvalue weighted by Crippen LogP contribution is -2.16. The zero-order valence-electron chi connectivity index (χ0n) is 9.91. The van der Waals surface area contributed by atoms with Crippen molar-refractivity contribution in [2.45, 2.75) is 6.36 Å². The molecule has 0 amide bonds. The Kier molecular flexibility index (Phi) is 3.89. The van der Waals surface area contributed by atoms with Crippen molar-refractivity contribution in [3.8, 4) is 5.75 Å². The maximum atomic E-state index is 12.0. The van der Waals surface area contributed by atoms with Gasteiger partial charge in [0.15, 0.2) is 5.82 Å². The molecule has 1 aromatic carbocycles. The van der Waals surface area contributed by atoms with Crippen molar-refractivity contribution in [1.82, 2.24) is 4.98 Å². The summed E-state index contributed by atoms with van der Waals surface area (Å²) < 4.78 is 39.8. The first-order valence-electron chi connectivity index (χ1n) is 5.38. The average Bonchev–Trinajstić information content (AvgIpc) is 2.34. The number of rotatable bonds is 3. The van der Waals surface area contributed by atoms with Gasteiger partial charge in [0, 0.05) is 5.69 Å². The van der Waals surface area contributed by atoms with Gasteiger partial charge < -0.3 is 15.8 Å². The lowest BCUT2D eigenvalue weighted by atomic mass is 10.3. The van der Waals surface area contributed by atoms with Crippen molar-refractivity contribution >= 4 is 28.8 Å². The molecule has 0 bridgehead atoms. The van der Waals surface area contributed by atoms with Gasteiger partial charge in [0.1, 0.15) is 10.9 Å². The van der Waals surface area contributed by atoms with Crippen LogP contribution in [-0.2, 0) is 0 Å². The normalized spacial score (nSPS) is 11.2. The fraction of sp³-hybridized carbons (Fsp3) is 0.0833. The van der Waals surface area contributed by atoms with E-state index in [-0.39, 0.29) is 10.9 Å². The largest absolute Gasteiger partial charge is 0.573 e. The van der Waals surface area contributed by atoms with Crippen LogP contribution in [0.25, 0.3) is 0 Å². The number of aromatic nitrogens is 1. The SMILES string of the molecule is Nc1ccc(Cl)nc1Nc1ccc(OC(F)(F)F)cc1. The van der Waals surface area contributed by atoms with Crippen LogP contribution in [0.4, 0.5) is 30.4 Å². The molecule has 0 aliphatic carbocycles. The number of nitrogen functional groups attached to an aromatic ring is 1. The molecule has 106 valence electrons. The number of hydrogen-bond acceptors (Lipinski definition) is 4. The quantitative estimate of drug-likeness (QED) is 0.843. The standard InChI is InChI=1S/C12H9ClF3N3O/c13-10-6-5-9(17)11(19-10)18-7-1-3-8(4-2-7)20-12(14,15)16/h1-6H,17H2,(H,18,19). The Morgan fingerprint density at radius 1 is 1.10 bits per heavy atom. The van der Waals surface area contributed by atoms with Crippen molar-refractivity contribution in [1.29, 1.82) is 0 Å². The highest BCUT2D eigenvalue weighted by atomic mass is 35.5. The minimum Gasteiger partial charge on any atom is -0.406 e. The Bertz CT molecular complexity index is 602. The number of pyridine rings is 1. The molecular formula is C12H9ClF3N3O. The molecule has 2 aromatic rings. The minimum atomic E-state index is -4.71. The van der Waals surface area contributed by atoms with Gasteiger partial charge in [-0.05, 0) is 36.4 Å². The molecule has 0 radical (unpaired) electrons. The number of nitrogens with one attached hydrogen (secondary N) is 1. The summed E-state index contributed by atoms with van der Waals surface area (Å²) in [6.07, 6.45) is -4.71. The summed E-state index contributed by atoms with van der Waals surface area (Å²) in [7, 11) is 0. The van der Waals surface area contributed by atoms with Gasteiger partial charge in [-0.15, -0.1) is 13.2 Å². The van der Waals surface area contributed by atoms with Crippen molar-refractivity contribution in [3.05, 3.63) is 41.6 Å². The zero-order valence-corrected chi connectivity index (χ0v) is 10.7. The third-order valence-electron chi connectivity index (χ3n) is 2.24. The lowest BCUT2D eigenvalue weighted by molar-refractivity contribution is -0.274. The smallest absolute Gasteiger partial charge is 0.406 e. The van der Waals surface area contributed by atoms with Gasteiger partial charge in [-0.2, -0.15) is 0 Å². The van der Waals surface area contributed by atoms with E-state index in [1.54, 1.807) is 6.07 Å². The lowest BCUT2D eigenvalue weighted by Gasteiger charge is -2.11. The molecule has 20 heavy (non-hydrogen) atoms. The van der Waals surface area contributed by atoms with E-state index in [4.69, 9.17) is 17.3 Å². The minimum absolute atomic E-state index is 0.249. The van der Waals surface area contributed by atoms with Crippen molar-refractivity contribution < 1.29 is 17.9 Å². The predicted molar refractivity (Wildman–Crippen MR) is 70.1 cm³/mol. The highest BCUT2D eigenvalue weighted by molar-refractivity contribution is 6.29. The number of benzene rings is 1. The number of ether oxygens (including phenoxy) is 1. The number of hydrogen-bond donors (Lipinski definition) is 2. The van der Waals surface area contributed by atoms with E-state index in [1.807, 2.05) is 0 Å². The van der Waals surface area contributed by atoms with Gasteiger partial charge in [0.05, 0.1) is 5.69 Å². The number of alkyl halides is 3. The van der Waals surface area contributed by atoms with E-state index in [9.17, 15) is 13.2 Å². The molecule has 0 fully saturated rings. The van der Waals surface area contributed by atoms with Gasteiger partial charge in [0.2, 0.25) is 0 Å². The summed E-state index contributed by atoms with van der Waals surface area (Å²) in [4.78, 5) is 3.97. The van der Waals surface area contributed by atoms with Crippen LogP contribution in [0.15, 0.2) is 36.4 Å². The predicted octanol–water partition coefficient (Wildman–Crippen LogP) is 3.96. The van der Waals surface area contributed by atoms with E-state index in [0.29, 0.717) is 17.2 Å². The third-order valence-corrected chi connectivity index (χ3v) is 2.45. The Balaban J connectivity index is 2.13. The summed E-state index contributed by atoms with van der Waals surface area (Å²) in [5.74, 6) is 0.0112. The molecule has 2 rings (SSSR count). The van der Waals surface area contributed by atoms with Crippen molar-refractivity contribution in [2.75, 3.05) is 11.1 Å². The molecule has 0 spiro atoms. The van der Waals surface area contributed by atoms with Crippen molar-refractivity contribution in [3.63, 3.8) is 0 Å². The van der Waals surface area contributed by atoms with Crippen LogP contribution in [0.5, 0.6) is 5.75 Å². The highest BCUT2D eigenvalue weighted by Crippen LogP contribution is 2.26. The topological polar surface area (TPSA) is 60.2 Å². The summed E-state index contributed by atoms with van der Waals surface area (Å²) >= 11 is 5.73. The fourth-order valence-corrected chi connectivity index (χ4v) is 1.57. The summed E-state index contributed by atoms with van der Waals surface area (Å²) in [5, 5.41) is 3.09. The molecule has 3 N–H and O–H groups in total. The van der Waals surface area contributed by atoms with Gasteiger partial charge in [-0.25, -0.2) is 4.98 Å². The Hall–Kier alpha value is -2.15. The summed E-state index contributed by atoms with van der Waals surface area (Å²) in [6.45, 7) is 0. The molecule has 0 saturated heterocycles. The Labute approximate surface area is 117 Å². The molecular weight excluding hydrogens is 295 g/mol. The van der Waals surface area contributed by atoms with E-state index in [0.717, 1.165) is 0 Å². The van der Waals surface area contributed by atoms with E-state index >= 15 is 0 Å². The maximum absolute atomic E-state index is 12.0. The highest BCUT2D eigenvalue weighted by Gasteiger charge is 2.30. The number of halogens is 4. The zero-order chi connectivity index (χ0) is 14.8. The van der Waals surface area contributed by atoms with Gasteiger partial charge >= 0.3 is 6.36 Å². The maximum Gasteiger partial charge on any atom is 0.573 e. The van der Waals surface area contributed by atoms with Crippen LogP contribution in [0.3, 0.4) is 0 Å². The van der Waals surface area contributed by atoms with Crippen LogP contribution in [0.1, 0.15) is 0 Å². The third kappa shape index (κ3) is 3.92. The first kappa shape index (κ1) is 14.3. The second-order valence-electron chi connectivity index (χ2n) is 3.77. The van der Waals surface area contributed by atoms with Crippen LogP contribution in [0, 0.1) is 0 Å². The monoisotopic (exact) mass is 303 g/mol. The van der Waals surface area contributed by atoms with Crippen LogP contribution < -0.4 is 15.8 Å². The fourth-order valence-electron chi connectivity index (χ4n) is 1.42. The molecule has 0 aliphatic rings. The van der Waals surface area contributed by atoms with Crippen molar-refractivity contribution in [2.24, 2.45) is 0 Å². The first-order valence-corrected chi connectivity index (χ1v) is 5.76. The second kappa shape index (κ2) is 5.46. The average molecular weight is 304 g/mol. The molecule has 4 nitrogen and oxygen atoms in total. The van der Waals surface area contributed by atoms with Crippen LogP contribution in [0.2, 0.25) is 5.15 Å². The van der Waals surface area contributed by atoms with E-state index in [1.165, 1.54) is 30.3 Å². The van der Waals surface area contributed by atoms with Crippen LogP contribution >= 0.6 is 11.6 Å². The molecule has 0 atom stereocenters. The van der Waals surface area contributed by atoms with E-state index in [2.05, 4.69) is 15.0 Å². The first-order chi connectivity index (χ1) is 9.33. The molecule has 8 heteroatoms. The molecule has 1 aromatic heterocycles. The van der Waals surface area contributed by atoms with Gasteiger partial charge in [-0.3, -0.25) is 0 Å². The molecule has 0 saturated carbocycles. The molecule has 1 heterocycles. The van der Waals surface area contributed by atoms with Gasteiger partial charge in [0.25, 0.3) is 0 Å². The number of nitrogens with zero attached hydrogens (tertiary/aromatic N) is 1. The van der Waals surface area contributed by atoms with Gasteiger partial charge in [-0.1, -0.05) is 11.6 Å². The Morgan fingerprint density at radius 2 is 1.75 bits per heavy atom. The molecule has 0 aliphatic heterocycles. The Morgan fingerprint density at radius 3 is 2.35 bits per heavy atom. The van der Waals surface area contributed by atoms with Crippen LogP contribution in [-0.4, -0.2) is 11.3 Å². The molecule has 0 unspecified atom stereocenters. The van der Waals surface area contributed by atoms with E-state index < -0.39 is 6.36 Å².